The largest absolute Gasteiger partial charge is 0.324 e. The molecule has 0 radical (unpaired) electrons. The fourth-order valence-corrected chi connectivity index (χ4v) is 2.59. The second-order valence-electron chi connectivity index (χ2n) is 5.93. The molecule has 1 aromatic carbocycles. The zero-order valence-electron chi connectivity index (χ0n) is 11.7. The van der Waals surface area contributed by atoms with Gasteiger partial charge < -0.3 is 10.6 Å². The van der Waals surface area contributed by atoms with E-state index in [4.69, 9.17) is 0 Å². The molecule has 0 bridgehead atoms. The molecule has 0 aliphatic carbocycles. The predicted molar refractivity (Wildman–Crippen MR) is 74.6 cm³/mol. The lowest BCUT2D eigenvalue weighted by Gasteiger charge is -2.38. The van der Waals surface area contributed by atoms with Crippen LogP contribution in [0.1, 0.15) is 32.3 Å². The van der Waals surface area contributed by atoms with Crippen molar-refractivity contribution in [2.75, 3.05) is 11.9 Å². The average Bonchev–Trinajstić information content (AvgIpc) is 2.33. The van der Waals surface area contributed by atoms with Crippen LogP contribution < -0.4 is 10.6 Å². The van der Waals surface area contributed by atoms with Gasteiger partial charge in [-0.25, -0.2) is 4.39 Å². The summed E-state index contributed by atoms with van der Waals surface area (Å²) < 4.78 is 13.2. The number of aryl methyl sites for hydroxylation is 1. The Kier molecular flexibility index (Phi) is 3.90. The fraction of sp³-hybridized carbons (Fsp3) is 0.533. The predicted octanol–water partition coefficient (Wildman–Crippen LogP) is 2.85. The summed E-state index contributed by atoms with van der Waals surface area (Å²) in [5.74, 6) is -0.421. The number of halogens is 1. The van der Waals surface area contributed by atoms with Gasteiger partial charge in [-0.05, 0) is 49.4 Å². The monoisotopic (exact) mass is 264 g/mol. The summed E-state index contributed by atoms with van der Waals surface area (Å²) in [6, 6.07) is 4.20. The Morgan fingerprint density at radius 2 is 2.21 bits per heavy atom. The molecule has 0 spiro atoms. The molecule has 2 rings (SSSR count). The second-order valence-corrected chi connectivity index (χ2v) is 5.93. The molecule has 104 valence electrons. The number of anilines is 1. The molecule has 1 atom stereocenters. The zero-order chi connectivity index (χ0) is 14.0. The minimum absolute atomic E-state index is 0.0798. The van der Waals surface area contributed by atoms with Crippen molar-refractivity contribution < 1.29 is 9.18 Å². The van der Waals surface area contributed by atoms with Crippen LogP contribution in [0, 0.1) is 18.2 Å². The van der Waals surface area contributed by atoms with Crippen molar-refractivity contribution in [3.8, 4) is 0 Å². The standard InChI is InChI=1S/C15H21FN2O/c1-10-5-6-11(16)9-12(10)18-14(19)13-15(2,3)7-4-8-17-13/h5-6,9,13,17H,4,7-8H2,1-3H3,(H,18,19). The smallest absolute Gasteiger partial charge is 0.242 e. The van der Waals surface area contributed by atoms with Gasteiger partial charge in [0.15, 0.2) is 0 Å². The van der Waals surface area contributed by atoms with Crippen molar-refractivity contribution in [3.05, 3.63) is 29.6 Å². The van der Waals surface area contributed by atoms with E-state index in [0.717, 1.165) is 24.9 Å². The Labute approximate surface area is 113 Å². The van der Waals surface area contributed by atoms with Gasteiger partial charge in [-0.1, -0.05) is 19.9 Å². The number of carbonyl (C=O) groups is 1. The highest BCUT2D eigenvalue weighted by molar-refractivity contribution is 5.96. The lowest BCUT2D eigenvalue weighted by Crippen LogP contribution is -2.53. The molecule has 1 heterocycles. The molecule has 0 aromatic heterocycles. The van der Waals surface area contributed by atoms with Crippen molar-refractivity contribution in [3.63, 3.8) is 0 Å². The molecule has 4 heteroatoms. The van der Waals surface area contributed by atoms with E-state index >= 15 is 0 Å². The van der Waals surface area contributed by atoms with Crippen molar-refractivity contribution in [1.29, 1.82) is 0 Å². The molecule has 2 N–H and O–H groups in total. The van der Waals surface area contributed by atoms with E-state index in [1.165, 1.54) is 12.1 Å². The number of nitrogens with one attached hydrogen (secondary N) is 2. The van der Waals surface area contributed by atoms with Crippen LogP contribution in [0.25, 0.3) is 0 Å². The Morgan fingerprint density at radius 3 is 2.89 bits per heavy atom. The molecular weight excluding hydrogens is 243 g/mol. The topological polar surface area (TPSA) is 41.1 Å². The maximum Gasteiger partial charge on any atom is 0.242 e. The molecule has 1 aliphatic heterocycles. The number of benzene rings is 1. The first-order valence-corrected chi connectivity index (χ1v) is 6.70. The SMILES string of the molecule is Cc1ccc(F)cc1NC(=O)C1NCCCC1(C)C. The Hall–Kier alpha value is -1.42. The van der Waals surface area contributed by atoms with Crippen LogP contribution in [0.2, 0.25) is 0 Å². The van der Waals surface area contributed by atoms with E-state index in [2.05, 4.69) is 24.5 Å². The van der Waals surface area contributed by atoms with Gasteiger partial charge >= 0.3 is 0 Å². The van der Waals surface area contributed by atoms with Gasteiger partial charge in [0.05, 0.1) is 6.04 Å². The van der Waals surface area contributed by atoms with Crippen molar-refractivity contribution in [2.24, 2.45) is 5.41 Å². The molecule has 1 fully saturated rings. The van der Waals surface area contributed by atoms with Gasteiger partial charge in [0, 0.05) is 5.69 Å². The number of amides is 1. The average molecular weight is 264 g/mol. The summed E-state index contributed by atoms with van der Waals surface area (Å²) in [5.41, 5.74) is 1.33. The van der Waals surface area contributed by atoms with Crippen molar-refractivity contribution in [1.82, 2.24) is 5.32 Å². The van der Waals surface area contributed by atoms with Crippen LogP contribution in [0.3, 0.4) is 0 Å². The summed E-state index contributed by atoms with van der Waals surface area (Å²) in [7, 11) is 0. The van der Waals surface area contributed by atoms with Gasteiger partial charge in [0.25, 0.3) is 0 Å². The van der Waals surface area contributed by atoms with Gasteiger partial charge in [0.1, 0.15) is 5.82 Å². The normalized spacial score (nSPS) is 22.0. The lowest BCUT2D eigenvalue weighted by molar-refractivity contribution is -0.121. The van der Waals surface area contributed by atoms with Crippen LogP contribution in [0.15, 0.2) is 18.2 Å². The highest BCUT2D eigenvalue weighted by Gasteiger charge is 2.37. The first-order valence-electron chi connectivity index (χ1n) is 6.70. The third kappa shape index (κ3) is 3.13. The molecule has 0 saturated carbocycles. The molecule has 3 nitrogen and oxygen atoms in total. The van der Waals surface area contributed by atoms with Crippen LogP contribution in [-0.4, -0.2) is 18.5 Å². The van der Waals surface area contributed by atoms with Gasteiger partial charge in [-0.2, -0.15) is 0 Å². The first-order chi connectivity index (χ1) is 8.90. The number of hydrogen-bond donors (Lipinski definition) is 2. The number of carbonyl (C=O) groups excluding carboxylic acids is 1. The summed E-state index contributed by atoms with van der Waals surface area (Å²) in [5, 5.41) is 6.09. The minimum atomic E-state index is -0.336. The lowest BCUT2D eigenvalue weighted by atomic mass is 9.77. The second kappa shape index (κ2) is 5.29. The van der Waals surface area contributed by atoms with E-state index in [0.29, 0.717) is 5.69 Å². The molecule has 1 aromatic rings. The Bertz CT molecular complexity index is 485. The van der Waals surface area contributed by atoms with Gasteiger partial charge in [0.2, 0.25) is 5.91 Å². The van der Waals surface area contributed by atoms with Crippen LogP contribution in [0.4, 0.5) is 10.1 Å². The van der Waals surface area contributed by atoms with E-state index in [1.54, 1.807) is 6.07 Å². The molecular formula is C15H21FN2O. The highest BCUT2D eigenvalue weighted by atomic mass is 19.1. The van der Waals surface area contributed by atoms with E-state index < -0.39 is 0 Å². The Balaban J connectivity index is 2.14. The highest BCUT2D eigenvalue weighted by Crippen LogP contribution is 2.31. The van der Waals surface area contributed by atoms with Gasteiger partial charge in [-0.15, -0.1) is 0 Å². The van der Waals surface area contributed by atoms with Crippen molar-refractivity contribution in [2.45, 2.75) is 39.7 Å². The quantitative estimate of drug-likeness (QED) is 0.862. The number of rotatable bonds is 2. The molecule has 19 heavy (non-hydrogen) atoms. The van der Waals surface area contributed by atoms with E-state index in [1.807, 2.05) is 6.92 Å². The summed E-state index contributed by atoms with van der Waals surface area (Å²) >= 11 is 0. The Morgan fingerprint density at radius 1 is 1.47 bits per heavy atom. The van der Waals surface area contributed by atoms with Crippen LogP contribution >= 0.6 is 0 Å². The zero-order valence-corrected chi connectivity index (χ0v) is 11.7. The first kappa shape index (κ1) is 14.0. The molecule has 1 aliphatic rings. The van der Waals surface area contributed by atoms with Crippen molar-refractivity contribution >= 4 is 11.6 Å². The third-order valence-electron chi connectivity index (χ3n) is 3.85. The fourth-order valence-electron chi connectivity index (χ4n) is 2.59. The summed E-state index contributed by atoms with van der Waals surface area (Å²) in [4.78, 5) is 12.4. The van der Waals surface area contributed by atoms with Crippen LogP contribution in [-0.2, 0) is 4.79 Å². The maximum atomic E-state index is 13.2. The summed E-state index contributed by atoms with van der Waals surface area (Å²) in [6.45, 7) is 6.88. The van der Waals surface area contributed by atoms with Gasteiger partial charge in [-0.3, -0.25) is 4.79 Å². The molecule has 1 unspecified atom stereocenters. The van der Waals surface area contributed by atoms with E-state index in [-0.39, 0.29) is 23.2 Å². The third-order valence-corrected chi connectivity index (χ3v) is 3.85. The number of hydrogen-bond acceptors (Lipinski definition) is 2. The molecule has 1 amide bonds. The van der Waals surface area contributed by atoms with E-state index in [9.17, 15) is 9.18 Å². The number of piperidine rings is 1. The van der Waals surface area contributed by atoms with Crippen LogP contribution in [0.5, 0.6) is 0 Å². The summed E-state index contributed by atoms with van der Waals surface area (Å²) in [6.07, 6.45) is 2.09. The molecule has 1 saturated heterocycles. The maximum absolute atomic E-state index is 13.2. The minimum Gasteiger partial charge on any atom is -0.324 e.